The maximum atomic E-state index is 5.89. The average Bonchev–Trinajstić information content (AvgIpc) is 2.53. The minimum atomic E-state index is 0.684. The normalized spacial score (nSPS) is 10.6. The van der Waals surface area contributed by atoms with E-state index in [0.29, 0.717) is 5.76 Å². The van der Waals surface area contributed by atoms with E-state index in [-0.39, 0.29) is 0 Å². The molecule has 0 atom stereocenters. The Bertz CT molecular complexity index is 615. The van der Waals surface area contributed by atoms with E-state index in [1.807, 2.05) is 66.7 Å². The number of hydrogen-bond donors (Lipinski definition) is 0. The van der Waals surface area contributed by atoms with Gasteiger partial charge in [0.1, 0.15) is 5.75 Å². The number of unbranched alkanes of at least 4 members (excludes halogenated alkanes) is 2. The summed E-state index contributed by atoms with van der Waals surface area (Å²) in [4.78, 5) is 0. The molecule has 106 valence electrons. The lowest BCUT2D eigenvalue weighted by Gasteiger charge is -2.04. The molecule has 0 aliphatic rings. The van der Waals surface area contributed by atoms with Gasteiger partial charge in [0.25, 0.3) is 0 Å². The maximum absolute atomic E-state index is 5.89. The summed E-state index contributed by atoms with van der Waals surface area (Å²) in [5.41, 5.74) is 1.09. The molecule has 0 aliphatic heterocycles. The molecule has 0 fully saturated rings. The second kappa shape index (κ2) is 8.66. The van der Waals surface area contributed by atoms with Crippen molar-refractivity contribution in [2.75, 3.05) is 0 Å². The molecule has 0 aromatic heterocycles. The zero-order valence-electron chi connectivity index (χ0n) is 12.4. The first-order chi connectivity index (χ1) is 10.4. The summed E-state index contributed by atoms with van der Waals surface area (Å²) in [6, 6.07) is 19.9. The first kappa shape index (κ1) is 14.9. The molecule has 2 aromatic carbocycles. The van der Waals surface area contributed by atoms with Crippen molar-refractivity contribution >= 4 is 6.08 Å². The largest absolute Gasteiger partial charge is 0.448 e. The molecule has 0 saturated carbocycles. The van der Waals surface area contributed by atoms with E-state index in [2.05, 4.69) is 18.8 Å². The molecule has 0 amide bonds. The fraction of sp³-hybridized carbons (Fsp3) is 0.200. The molecule has 0 unspecified atom stereocenters. The van der Waals surface area contributed by atoms with Gasteiger partial charge in [-0.1, -0.05) is 67.8 Å². The Labute approximate surface area is 127 Å². The summed E-state index contributed by atoms with van der Waals surface area (Å²) < 4.78 is 5.89. The van der Waals surface area contributed by atoms with E-state index in [4.69, 9.17) is 4.74 Å². The van der Waals surface area contributed by atoms with Crippen LogP contribution in [0.3, 0.4) is 0 Å². The third-order valence-corrected chi connectivity index (χ3v) is 2.94. The quantitative estimate of drug-likeness (QED) is 0.409. The summed E-state index contributed by atoms with van der Waals surface area (Å²) in [6.07, 6.45) is 5.16. The fourth-order valence-electron chi connectivity index (χ4n) is 1.82. The average molecular weight is 276 g/mol. The van der Waals surface area contributed by atoms with Gasteiger partial charge in [-0.05, 0) is 36.1 Å². The first-order valence-corrected chi connectivity index (χ1v) is 7.37. The van der Waals surface area contributed by atoms with Crippen LogP contribution in [0.25, 0.3) is 6.08 Å². The molecule has 0 saturated heterocycles. The minimum absolute atomic E-state index is 0.684. The number of rotatable bonds is 5. The van der Waals surface area contributed by atoms with Crippen LogP contribution in [0.1, 0.15) is 31.7 Å². The minimum Gasteiger partial charge on any atom is -0.448 e. The predicted octanol–water partition coefficient (Wildman–Crippen LogP) is 5.30. The monoisotopic (exact) mass is 276 g/mol. The van der Waals surface area contributed by atoms with Crippen LogP contribution in [0.15, 0.2) is 66.4 Å². The Balaban J connectivity index is 2.17. The Morgan fingerprint density at radius 1 is 1.00 bits per heavy atom. The predicted molar refractivity (Wildman–Crippen MR) is 88.8 cm³/mol. The highest BCUT2D eigenvalue weighted by Crippen LogP contribution is 2.15. The molecular formula is C20H20O. The van der Waals surface area contributed by atoms with E-state index in [1.165, 1.54) is 0 Å². The second-order valence-electron chi connectivity index (χ2n) is 4.74. The third kappa shape index (κ3) is 5.58. The van der Waals surface area contributed by atoms with Crippen LogP contribution in [0.2, 0.25) is 0 Å². The highest BCUT2D eigenvalue weighted by molar-refractivity contribution is 5.56. The summed E-state index contributed by atoms with van der Waals surface area (Å²) >= 11 is 0. The lowest BCUT2D eigenvalue weighted by atomic mass is 10.2. The molecular weight excluding hydrogens is 256 g/mol. The highest BCUT2D eigenvalue weighted by Gasteiger charge is 1.98. The molecule has 21 heavy (non-hydrogen) atoms. The zero-order valence-corrected chi connectivity index (χ0v) is 12.4. The lowest BCUT2D eigenvalue weighted by molar-refractivity contribution is 0.454. The van der Waals surface area contributed by atoms with Gasteiger partial charge in [-0.2, -0.15) is 0 Å². The van der Waals surface area contributed by atoms with Gasteiger partial charge in [0.15, 0.2) is 5.76 Å². The van der Waals surface area contributed by atoms with Gasteiger partial charge >= 0.3 is 0 Å². The Morgan fingerprint density at radius 2 is 1.67 bits per heavy atom. The molecule has 0 radical (unpaired) electrons. The van der Waals surface area contributed by atoms with Crippen molar-refractivity contribution in [1.82, 2.24) is 0 Å². The Hall–Kier alpha value is -2.46. The molecule has 0 aliphatic carbocycles. The van der Waals surface area contributed by atoms with E-state index in [1.54, 1.807) is 0 Å². The second-order valence-corrected chi connectivity index (χ2v) is 4.74. The number of allylic oxidation sites excluding steroid dienone is 1. The van der Waals surface area contributed by atoms with Crippen molar-refractivity contribution in [1.29, 1.82) is 0 Å². The molecule has 0 N–H and O–H groups in total. The number of ether oxygens (including phenoxy) is 1. The van der Waals surface area contributed by atoms with Crippen molar-refractivity contribution < 1.29 is 4.74 Å². The SMILES string of the molecule is CCCCC#C/C(=C/c1ccccc1)Oc1ccccc1. The van der Waals surface area contributed by atoms with Crippen molar-refractivity contribution in [2.24, 2.45) is 0 Å². The highest BCUT2D eigenvalue weighted by atomic mass is 16.5. The summed E-state index contributed by atoms with van der Waals surface area (Å²) in [5, 5.41) is 0. The van der Waals surface area contributed by atoms with Crippen LogP contribution in [0.5, 0.6) is 5.75 Å². The molecule has 0 spiro atoms. The van der Waals surface area contributed by atoms with Crippen molar-refractivity contribution in [2.45, 2.75) is 26.2 Å². The van der Waals surface area contributed by atoms with Gasteiger partial charge in [0.05, 0.1) is 0 Å². The molecule has 2 rings (SSSR count). The van der Waals surface area contributed by atoms with Crippen LogP contribution in [-0.2, 0) is 0 Å². The topological polar surface area (TPSA) is 9.23 Å². The standard InChI is InChI=1S/C20H20O/c1-2-3-4-9-16-20(17-18-12-7-5-8-13-18)21-19-14-10-6-11-15-19/h5-8,10-15,17H,2-4H2,1H3/b20-17-. The molecule has 1 nitrogen and oxygen atoms in total. The number of benzene rings is 2. The molecule has 0 bridgehead atoms. The van der Waals surface area contributed by atoms with E-state index in [0.717, 1.165) is 30.6 Å². The van der Waals surface area contributed by atoms with Gasteiger partial charge < -0.3 is 4.74 Å². The number of para-hydroxylation sites is 1. The number of hydrogen-bond acceptors (Lipinski definition) is 1. The smallest absolute Gasteiger partial charge is 0.177 e. The van der Waals surface area contributed by atoms with Crippen LogP contribution in [0.4, 0.5) is 0 Å². The molecule has 0 heterocycles. The van der Waals surface area contributed by atoms with Gasteiger partial charge in [0, 0.05) is 6.42 Å². The zero-order chi connectivity index (χ0) is 14.8. The fourth-order valence-corrected chi connectivity index (χ4v) is 1.82. The summed E-state index contributed by atoms with van der Waals surface area (Å²) in [6.45, 7) is 2.17. The van der Waals surface area contributed by atoms with Crippen molar-refractivity contribution in [3.63, 3.8) is 0 Å². The van der Waals surface area contributed by atoms with E-state index < -0.39 is 0 Å². The van der Waals surface area contributed by atoms with Crippen LogP contribution >= 0.6 is 0 Å². The van der Waals surface area contributed by atoms with Crippen LogP contribution < -0.4 is 4.74 Å². The van der Waals surface area contributed by atoms with Gasteiger partial charge in [0.2, 0.25) is 0 Å². The van der Waals surface area contributed by atoms with Crippen molar-refractivity contribution in [3.8, 4) is 17.6 Å². The first-order valence-electron chi connectivity index (χ1n) is 7.37. The van der Waals surface area contributed by atoms with Gasteiger partial charge in [-0.3, -0.25) is 0 Å². The van der Waals surface area contributed by atoms with Gasteiger partial charge in [-0.25, -0.2) is 0 Å². The molecule has 2 aromatic rings. The maximum Gasteiger partial charge on any atom is 0.177 e. The molecule has 1 heteroatoms. The van der Waals surface area contributed by atoms with Crippen LogP contribution in [0, 0.1) is 11.8 Å². The lowest BCUT2D eigenvalue weighted by Crippen LogP contribution is -1.92. The third-order valence-electron chi connectivity index (χ3n) is 2.94. The summed E-state index contributed by atoms with van der Waals surface area (Å²) in [7, 11) is 0. The van der Waals surface area contributed by atoms with Crippen molar-refractivity contribution in [3.05, 3.63) is 72.0 Å². The van der Waals surface area contributed by atoms with E-state index in [9.17, 15) is 0 Å². The van der Waals surface area contributed by atoms with E-state index >= 15 is 0 Å². The van der Waals surface area contributed by atoms with Gasteiger partial charge in [-0.15, -0.1) is 0 Å². The summed E-state index contributed by atoms with van der Waals surface area (Å²) in [5.74, 6) is 7.82. The van der Waals surface area contributed by atoms with Crippen LogP contribution in [-0.4, -0.2) is 0 Å². The Kier molecular flexibility index (Phi) is 6.16. The Morgan fingerprint density at radius 3 is 2.33 bits per heavy atom.